The summed E-state index contributed by atoms with van der Waals surface area (Å²) in [6.07, 6.45) is 12.2. The molecule has 0 atom stereocenters. The standard InChI is InChI=1S/C20H33NO2/c1-3-4-5-6-7-8-9-10-11-16-21-20(22)17-18-12-14-19(23-2)15-13-18/h12-15H,3-11,16-17H2,1-2H3,(H,21,22). The number of amides is 1. The number of unbranched alkanes of at least 4 members (excludes halogenated alkanes) is 8. The summed E-state index contributed by atoms with van der Waals surface area (Å²) < 4.78 is 5.11. The maximum atomic E-state index is 11.9. The molecule has 0 aliphatic heterocycles. The summed E-state index contributed by atoms with van der Waals surface area (Å²) >= 11 is 0. The molecule has 0 aromatic heterocycles. The van der Waals surface area contributed by atoms with E-state index in [1.807, 2.05) is 24.3 Å². The topological polar surface area (TPSA) is 38.3 Å². The molecule has 1 N–H and O–H groups in total. The number of hydrogen-bond acceptors (Lipinski definition) is 2. The third-order valence-corrected chi connectivity index (χ3v) is 4.13. The molecule has 1 aromatic carbocycles. The van der Waals surface area contributed by atoms with Crippen molar-refractivity contribution in [3.05, 3.63) is 29.8 Å². The average molecular weight is 319 g/mol. The third-order valence-electron chi connectivity index (χ3n) is 4.13. The SMILES string of the molecule is CCCCCCCCCCCNC(=O)Cc1ccc(OC)cc1. The first-order chi connectivity index (χ1) is 11.3. The van der Waals surface area contributed by atoms with Crippen LogP contribution in [-0.4, -0.2) is 19.6 Å². The summed E-state index contributed by atoms with van der Waals surface area (Å²) in [4.78, 5) is 11.9. The van der Waals surface area contributed by atoms with Crippen molar-refractivity contribution in [1.82, 2.24) is 5.32 Å². The Balaban J connectivity index is 1.97. The van der Waals surface area contributed by atoms with Crippen LogP contribution in [0, 0.1) is 0 Å². The van der Waals surface area contributed by atoms with Gasteiger partial charge in [-0.25, -0.2) is 0 Å². The molecule has 130 valence electrons. The highest BCUT2D eigenvalue weighted by atomic mass is 16.5. The van der Waals surface area contributed by atoms with Crippen molar-refractivity contribution in [3.8, 4) is 5.75 Å². The summed E-state index contributed by atoms with van der Waals surface area (Å²) in [5, 5.41) is 3.01. The number of rotatable bonds is 13. The van der Waals surface area contributed by atoms with E-state index in [1.54, 1.807) is 7.11 Å². The van der Waals surface area contributed by atoms with Gasteiger partial charge in [-0.1, -0.05) is 70.4 Å². The minimum Gasteiger partial charge on any atom is -0.497 e. The van der Waals surface area contributed by atoms with Crippen molar-refractivity contribution in [3.63, 3.8) is 0 Å². The minimum absolute atomic E-state index is 0.106. The van der Waals surface area contributed by atoms with Crippen LogP contribution in [0.1, 0.15) is 70.3 Å². The van der Waals surface area contributed by atoms with Crippen LogP contribution in [0.4, 0.5) is 0 Å². The van der Waals surface area contributed by atoms with Gasteiger partial charge in [0.2, 0.25) is 5.91 Å². The Kier molecular flexibility index (Phi) is 11.0. The van der Waals surface area contributed by atoms with Crippen LogP contribution in [0.5, 0.6) is 5.75 Å². The largest absolute Gasteiger partial charge is 0.497 e. The van der Waals surface area contributed by atoms with E-state index in [4.69, 9.17) is 4.74 Å². The lowest BCUT2D eigenvalue weighted by atomic mass is 10.1. The minimum atomic E-state index is 0.106. The van der Waals surface area contributed by atoms with E-state index < -0.39 is 0 Å². The molecule has 0 aliphatic carbocycles. The molecule has 1 rings (SSSR count). The first-order valence-electron chi connectivity index (χ1n) is 9.16. The highest BCUT2D eigenvalue weighted by Crippen LogP contribution is 2.12. The predicted molar refractivity (Wildman–Crippen MR) is 96.9 cm³/mol. The lowest BCUT2D eigenvalue weighted by molar-refractivity contribution is -0.120. The van der Waals surface area contributed by atoms with Gasteiger partial charge in [0.25, 0.3) is 0 Å². The zero-order valence-electron chi connectivity index (χ0n) is 14.9. The molecule has 0 saturated carbocycles. The van der Waals surface area contributed by atoms with Gasteiger partial charge in [-0.15, -0.1) is 0 Å². The molecule has 0 saturated heterocycles. The third kappa shape index (κ3) is 9.98. The van der Waals surface area contributed by atoms with Crippen molar-refractivity contribution in [2.24, 2.45) is 0 Å². The van der Waals surface area contributed by atoms with Crippen molar-refractivity contribution >= 4 is 5.91 Å². The van der Waals surface area contributed by atoms with E-state index in [0.717, 1.165) is 24.3 Å². The number of methoxy groups -OCH3 is 1. The Labute approximate surface area is 141 Å². The molecule has 3 heteroatoms. The van der Waals surface area contributed by atoms with E-state index >= 15 is 0 Å². The Morgan fingerprint density at radius 1 is 0.913 bits per heavy atom. The zero-order valence-corrected chi connectivity index (χ0v) is 14.9. The second-order valence-electron chi connectivity index (χ2n) is 6.20. The second kappa shape index (κ2) is 13.0. The summed E-state index contributed by atoms with van der Waals surface area (Å²) in [5.41, 5.74) is 1.02. The van der Waals surface area contributed by atoms with Crippen LogP contribution in [0.25, 0.3) is 0 Å². The summed E-state index contributed by atoms with van der Waals surface area (Å²) in [5.74, 6) is 0.929. The number of ether oxygens (including phenoxy) is 1. The highest BCUT2D eigenvalue weighted by molar-refractivity contribution is 5.78. The van der Waals surface area contributed by atoms with Crippen LogP contribution < -0.4 is 10.1 Å². The molecule has 0 fully saturated rings. The van der Waals surface area contributed by atoms with Crippen molar-refractivity contribution in [2.45, 2.75) is 71.1 Å². The fraction of sp³-hybridized carbons (Fsp3) is 0.650. The average Bonchev–Trinajstić information content (AvgIpc) is 2.57. The van der Waals surface area contributed by atoms with Gasteiger partial charge in [-0.3, -0.25) is 4.79 Å². The van der Waals surface area contributed by atoms with Crippen LogP contribution in [0.2, 0.25) is 0 Å². The lowest BCUT2D eigenvalue weighted by Crippen LogP contribution is -2.26. The molecule has 0 heterocycles. The maximum absolute atomic E-state index is 11.9. The number of carbonyl (C=O) groups is 1. The summed E-state index contributed by atoms with van der Waals surface area (Å²) in [6.45, 7) is 3.05. The first kappa shape index (κ1) is 19.5. The van der Waals surface area contributed by atoms with Gasteiger partial charge >= 0.3 is 0 Å². The van der Waals surface area contributed by atoms with E-state index in [-0.39, 0.29) is 5.91 Å². The molecular formula is C20H33NO2. The fourth-order valence-electron chi connectivity index (χ4n) is 2.65. The van der Waals surface area contributed by atoms with Crippen LogP contribution >= 0.6 is 0 Å². The molecule has 23 heavy (non-hydrogen) atoms. The lowest BCUT2D eigenvalue weighted by Gasteiger charge is -2.06. The molecule has 0 spiro atoms. The fourth-order valence-corrected chi connectivity index (χ4v) is 2.65. The molecule has 0 bridgehead atoms. The van der Waals surface area contributed by atoms with Crippen LogP contribution in [0.15, 0.2) is 24.3 Å². The summed E-state index contributed by atoms with van der Waals surface area (Å²) in [7, 11) is 1.65. The van der Waals surface area contributed by atoms with Gasteiger partial charge in [-0.05, 0) is 24.1 Å². The predicted octanol–water partition coefficient (Wildman–Crippen LogP) is 4.88. The quantitative estimate of drug-likeness (QED) is 0.526. The normalized spacial score (nSPS) is 10.5. The molecule has 0 unspecified atom stereocenters. The van der Waals surface area contributed by atoms with Crippen molar-refractivity contribution < 1.29 is 9.53 Å². The van der Waals surface area contributed by atoms with Crippen molar-refractivity contribution in [1.29, 1.82) is 0 Å². The van der Waals surface area contributed by atoms with E-state index in [0.29, 0.717) is 6.42 Å². The molecule has 0 radical (unpaired) electrons. The van der Waals surface area contributed by atoms with E-state index in [9.17, 15) is 4.79 Å². The van der Waals surface area contributed by atoms with E-state index in [2.05, 4.69) is 12.2 Å². The Hall–Kier alpha value is -1.51. The van der Waals surface area contributed by atoms with Gasteiger partial charge in [0.1, 0.15) is 5.75 Å². The molecule has 3 nitrogen and oxygen atoms in total. The molecular weight excluding hydrogens is 286 g/mol. The van der Waals surface area contributed by atoms with Gasteiger partial charge in [0.05, 0.1) is 13.5 Å². The number of carbonyl (C=O) groups excluding carboxylic acids is 1. The van der Waals surface area contributed by atoms with E-state index in [1.165, 1.54) is 51.4 Å². The Bertz CT molecular complexity index is 414. The summed E-state index contributed by atoms with van der Waals surface area (Å²) in [6, 6.07) is 7.67. The number of hydrogen-bond donors (Lipinski definition) is 1. The van der Waals surface area contributed by atoms with Gasteiger partial charge in [-0.2, -0.15) is 0 Å². The Morgan fingerprint density at radius 3 is 2.04 bits per heavy atom. The van der Waals surface area contributed by atoms with Crippen LogP contribution in [-0.2, 0) is 11.2 Å². The number of nitrogens with one attached hydrogen (secondary N) is 1. The Morgan fingerprint density at radius 2 is 1.48 bits per heavy atom. The molecule has 1 amide bonds. The van der Waals surface area contributed by atoms with Gasteiger partial charge in [0.15, 0.2) is 0 Å². The van der Waals surface area contributed by atoms with Crippen LogP contribution in [0.3, 0.4) is 0 Å². The highest BCUT2D eigenvalue weighted by Gasteiger charge is 2.03. The number of benzene rings is 1. The smallest absolute Gasteiger partial charge is 0.224 e. The van der Waals surface area contributed by atoms with Crippen molar-refractivity contribution in [2.75, 3.05) is 13.7 Å². The van der Waals surface area contributed by atoms with Gasteiger partial charge < -0.3 is 10.1 Å². The van der Waals surface area contributed by atoms with Gasteiger partial charge in [0, 0.05) is 6.54 Å². The monoisotopic (exact) mass is 319 g/mol. The second-order valence-corrected chi connectivity index (χ2v) is 6.20. The zero-order chi connectivity index (χ0) is 16.8. The molecule has 1 aromatic rings. The first-order valence-corrected chi connectivity index (χ1v) is 9.16. The maximum Gasteiger partial charge on any atom is 0.224 e. The molecule has 0 aliphatic rings.